The number of nitrogens with two attached hydrogens (primary N) is 1. The van der Waals surface area contributed by atoms with Gasteiger partial charge < -0.3 is 10.8 Å². The summed E-state index contributed by atoms with van der Waals surface area (Å²) in [5, 5.41) is 8.87. The van der Waals surface area contributed by atoms with Crippen molar-refractivity contribution in [1.29, 1.82) is 0 Å². The lowest BCUT2D eigenvalue weighted by molar-refractivity contribution is -0.145. The van der Waals surface area contributed by atoms with Crippen molar-refractivity contribution < 1.29 is 9.90 Å². The normalized spacial score (nSPS) is 42.6. The van der Waals surface area contributed by atoms with E-state index in [1.807, 2.05) is 13.8 Å². The van der Waals surface area contributed by atoms with E-state index >= 15 is 0 Å². The fraction of sp³-hybridized carbons (Fsp3) is 0.889. The quantitative estimate of drug-likeness (QED) is 0.620. The van der Waals surface area contributed by atoms with Gasteiger partial charge in [0.05, 0.1) is 5.92 Å². The van der Waals surface area contributed by atoms with Gasteiger partial charge in [0.25, 0.3) is 0 Å². The predicted molar refractivity (Wildman–Crippen MR) is 46.7 cm³/mol. The van der Waals surface area contributed by atoms with E-state index in [2.05, 4.69) is 0 Å². The lowest BCUT2D eigenvalue weighted by Crippen LogP contribution is -2.42. The molecule has 3 N–H and O–H groups in total. The summed E-state index contributed by atoms with van der Waals surface area (Å²) in [6.07, 6.45) is 1.59. The van der Waals surface area contributed by atoms with Gasteiger partial charge >= 0.3 is 5.97 Å². The van der Waals surface area contributed by atoms with Crippen molar-refractivity contribution in [1.82, 2.24) is 0 Å². The van der Waals surface area contributed by atoms with Gasteiger partial charge in [-0.2, -0.15) is 0 Å². The first-order valence-corrected chi connectivity index (χ1v) is 4.52. The zero-order valence-corrected chi connectivity index (χ0v) is 7.66. The third-order valence-corrected chi connectivity index (χ3v) is 3.27. The summed E-state index contributed by atoms with van der Waals surface area (Å²) < 4.78 is 0. The lowest BCUT2D eigenvalue weighted by Gasteiger charge is -2.35. The van der Waals surface area contributed by atoms with Crippen molar-refractivity contribution in [2.75, 3.05) is 0 Å². The van der Waals surface area contributed by atoms with Crippen LogP contribution in [0.3, 0.4) is 0 Å². The van der Waals surface area contributed by atoms with Crippen LogP contribution in [0.15, 0.2) is 0 Å². The first-order chi connectivity index (χ1) is 5.54. The number of carboxylic acid groups (broad SMARTS) is 1. The molecule has 0 aliphatic heterocycles. The Hall–Kier alpha value is -0.570. The molecule has 0 aromatic rings. The molecule has 1 aliphatic carbocycles. The van der Waals surface area contributed by atoms with Gasteiger partial charge in [0.15, 0.2) is 0 Å². The highest BCUT2D eigenvalue weighted by atomic mass is 16.4. The van der Waals surface area contributed by atoms with E-state index in [1.54, 1.807) is 0 Å². The minimum Gasteiger partial charge on any atom is -0.481 e. The van der Waals surface area contributed by atoms with Gasteiger partial charge in [0.2, 0.25) is 0 Å². The zero-order valence-electron chi connectivity index (χ0n) is 7.66. The Kier molecular flexibility index (Phi) is 2.73. The maximum absolute atomic E-state index is 10.8. The first kappa shape index (κ1) is 9.52. The highest BCUT2D eigenvalue weighted by Gasteiger charge is 2.35. The molecule has 0 aromatic carbocycles. The summed E-state index contributed by atoms with van der Waals surface area (Å²) in [6.45, 7) is 4.03. The molecule has 4 unspecified atom stereocenters. The second kappa shape index (κ2) is 3.44. The van der Waals surface area contributed by atoms with Crippen LogP contribution < -0.4 is 5.73 Å². The topological polar surface area (TPSA) is 63.3 Å². The summed E-state index contributed by atoms with van der Waals surface area (Å²) in [4.78, 5) is 10.8. The Morgan fingerprint density at radius 3 is 2.42 bits per heavy atom. The lowest BCUT2D eigenvalue weighted by atomic mass is 9.71. The van der Waals surface area contributed by atoms with Gasteiger partial charge in [-0.25, -0.2) is 0 Å². The van der Waals surface area contributed by atoms with E-state index in [0.29, 0.717) is 5.92 Å². The molecule has 0 bridgehead atoms. The van der Waals surface area contributed by atoms with Crippen molar-refractivity contribution in [3.8, 4) is 0 Å². The number of hydrogen-bond acceptors (Lipinski definition) is 2. The zero-order chi connectivity index (χ0) is 9.30. The molecule has 0 radical (unpaired) electrons. The van der Waals surface area contributed by atoms with Gasteiger partial charge in [-0.15, -0.1) is 0 Å². The Morgan fingerprint density at radius 2 is 1.92 bits per heavy atom. The van der Waals surface area contributed by atoms with Crippen molar-refractivity contribution in [3.05, 3.63) is 0 Å². The maximum Gasteiger partial charge on any atom is 0.306 e. The highest BCUT2D eigenvalue weighted by Crippen LogP contribution is 2.33. The number of rotatable bonds is 1. The van der Waals surface area contributed by atoms with Crippen LogP contribution in [0.2, 0.25) is 0 Å². The third kappa shape index (κ3) is 1.61. The van der Waals surface area contributed by atoms with E-state index in [0.717, 1.165) is 12.8 Å². The van der Waals surface area contributed by atoms with E-state index in [-0.39, 0.29) is 17.9 Å². The molecule has 1 saturated carbocycles. The van der Waals surface area contributed by atoms with Crippen LogP contribution in [-0.4, -0.2) is 17.1 Å². The van der Waals surface area contributed by atoms with Gasteiger partial charge in [0.1, 0.15) is 0 Å². The minimum atomic E-state index is -0.666. The second-order valence-electron chi connectivity index (χ2n) is 3.90. The molecular weight excluding hydrogens is 154 g/mol. The predicted octanol–water partition coefficient (Wildman–Crippen LogP) is 1.08. The molecule has 4 atom stereocenters. The van der Waals surface area contributed by atoms with Crippen LogP contribution in [-0.2, 0) is 4.79 Å². The molecular formula is C9H17NO2. The van der Waals surface area contributed by atoms with Gasteiger partial charge in [0, 0.05) is 6.04 Å². The SMILES string of the molecule is CC1C(N)CCC(C(=O)O)C1C. The van der Waals surface area contributed by atoms with Gasteiger partial charge in [-0.1, -0.05) is 13.8 Å². The van der Waals surface area contributed by atoms with Crippen LogP contribution in [0.25, 0.3) is 0 Å². The second-order valence-corrected chi connectivity index (χ2v) is 3.90. The smallest absolute Gasteiger partial charge is 0.306 e. The van der Waals surface area contributed by atoms with Crippen LogP contribution in [0, 0.1) is 17.8 Å². The fourth-order valence-electron chi connectivity index (χ4n) is 2.00. The summed E-state index contributed by atoms with van der Waals surface area (Å²) in [5.41, 5.74) is 5.84. The van der Waals surface area contributed by atoms with Gasteiger partial charge in [-0.05, 0) is 24.7 Å². The third-order valence-electron chi connectivity index (χ3n) is 3.27. The minimum absolute atomic E-state index is 0.181. The molecule has 1 aliphatic rings. The van der Waals surface area contributed by atoms with Crippen LogP contribution in [0.5, 0.6) is 0 Å². The van der Waals surface area contributed by atoms with Crippen molar-refractivity contribution in [3.63, 3.8) is 0 Å². The molecule has 0 spiro atoms. The molecule has 1 rings (SSSR count). The van der Waals surface area contributed by atoms with Crippen molar-refractivity contribution in [2.45, 2.75) is 32.7 Å². The maximum atomic E-state index is 10.8. The first-order valence-electron chi connectivity index (χ1n) is 4.52. The molecule has 3 nitrogen and oxygen atoms in total. The number of aliphatic carboxylic acids is 1. The van der Waals surface area contributed by atoms with Gasteiger partial charge in [-0.3, -0.25) is 4.79 Å². The van der Waals surface area contributed by atoms with Crippen LogP contribution in [0.1, 0.15) is 26.7 Å². The Balaban J connectivity index is 2.65. The highest BCUT2D eigenvalue weighted by molar-refractivity contribution is 5.70. The Labute approximate surface area is 72.9 Å². The van der Waals surface area contributed by atoms with Crippen LogP contribution >= 0.6 is 0 Å². The molecule has 1 fully saturated rings. The van der Waals surface area contributed by atoms with E-state index in [1.165, 1.54) is 0 Å². The molecule has 0 aromatic heterocycles. The summed E-state index contributed by atoms with van der Waals surface area (Å²) >= 11 is 0. The number of carboxylic acids is 1. The van der Waals surface area contributed by atoms with E-state index in [9.17, 15) is 4.79 Å². The number of hydrogen-bond donors (Lipinski definition) is 2. The van der Waals surface area contributed by atoms with E-state index < -0.39 is 5.97 Å². The average molecular weight is 171 g/mol. The molecule has 0 saturated heterocycles. The molecule has 0 amide bonds. The number of carbonyl (C=O) groups is 1. The Morgan fingerprint density at radius 1 is 1.33 bits per heavy atom. The van der Waals surface area contributed by atoms with Crippen molar-refractivity contribution >= 4 is 5.97 Å². The van der Waals surface area contributed by atoms with Crippen LogP contribution in [0.4, 0.5) is 0 Å². The Bertz CT molecular complexity index is 181. The average Bonchev–Trinajstić information content (AvgIpc) is 2.00. The fourth-order valence-corrected chi connectivity index (χ4v) is 2.00. The summed E-state index contributed by atoms with van der Waals surface area (Å²) in [7, 11) is 0. The summed E-state index contributed by atoms with van der Waals surface area (Å²) in [6, 6.07) is 0.190. The van der Waals surface area contributed by atoms with E-state index in [4.69, 9.17) is 10.8 Å². The monoisotopic (exact) mass is 171 g/mol. The molecule has 12 heavy (non-hydrogen) atoms. The standard InChI is InChI=1S/C9H17NO2/c1-5-6(2)8(10)4-3-7(5)9(11)12/h5-8H,3-4,10H2,1-2H3,(H,11,12). The molecule has 3 heteroatoms. The summed E-state index contributed by atoms with van der Waals surface area (Å²) in [5.74, 6) is -0.299. The molecule has 0 heterocycles. The molecule has 70 valence electrons. The largest absolute Gasteiger partial charge is 0.481 e. The van der Waals surface area contributed by atoms with Crippen molar-refractivity contribution in [2.24, 2.45) is 23.5 Å².